The summed E-state index contributed by atoms with van der Waals surface area (Å²) < 4.78 is 5.84. The molecule has 78 valence electrons. The van der Waals surface area contributed by atoms with Crippen molar-refractivity contribution < 1.29 is 4.74 Å². The molecule has 2 nitrogen and oxygen atoms in total. The molecule has 0 aliphatic rings. The molecule has 1 rings (SSSR count). The molecule has 0 fully saturated rings. The van der Waals surface area contributed by atoms with E-state index in [4.69, 9.17) is 10.5 Å². The first-order valence-corrected chi connectivity index (χ1v) is 4.91. The number of hydrogen-bond acceptors (Lipinski definition) is 2. The highest BCUT2D eigenvalue weighted by Gasteiger charge is 2.18. The van der Waals surface area contributed by atoms with Crippen molar-refractivity contribution in [2.24, 2.45) is 5.73 Å². The first-order valence-electron chi connectivity index (χ1n) is 4.91. The number of benzene rings is 1. The fraction of sp³-hybridized carbons (Fsp3) is 0.500. The Kier molecular flexibility index (Phi) is 3.17. The van der Waals surface area contributed by atoms with Gasteiger partial charge in [0.1, 0.15) is 11.4 Å². The molecule has 0 saturated heterocycles. The lowest BCUT2D eigenvalue weighted by molar-refractivity contribution is 0.117. The van der Waals surface area contributed by atoms with Gasteiger partial charge in [-0.15, -0.1) is 0 Å². The van der Waals surface area contributed by atoms with Gasteiger partial charge in [0, 0.05) is 6.54 Å². The Bertz CT molecular complexity index is 318. The number of nitrogens with two attached hydrogens (primary N) is 1. The summed E-state index contributed by atoms with van der Waals surface area (Å²) in [7, 11) is 0. The van der Waals surface area contributed by atoms with Gasteiger partial charge >= 0.3 is 0 Å². The topological polar surface area (TPSA) is 35.2 Å². The van der Waals surface area contributed by atoms with E-state index < -0.39 is 0 Å². The van der Waals surface area contributed by atoms with Gasteiger partial charge in [-0.05, 0) is 44.9 Å². The molecule has 0 heterocycles. The average Bonchev–Trinajstić information content (AvgIpc) is 2.13. The molecule has 0 aromatic heterocycles. The van der Waals surface area contributed by atoms with Crippen molar-refractivity contribution in [3.8, 4) is 5.75 Å². The lowest BCUT2D eigenvalue weighted by Crippen LogP contribution is -2.37. The number of rotatable bonds is 3. The standard InChI is InChI=1S/C12H19NO/c1-9-6-5-7-11(10(9)2)14-12(3,4)8-13/h5-7H,8,13H2,1-4H3. The van der Waals surface area contributed by atoms with Gasteiger partial charge < -0.3 is 10.5 Å². The summed E-state index contributed by atoms with van der Waals surface area (Å²) in [5.41, 5.74) is 7.76. The van der Waals surface area contributed by atoms with Gasteiger partial charge in [0.2, 0.25) is 0 Å². The third-order valence-corrected chi connectivity index (χ3v) is 2.43. The van der Waals surface area contributed by atoms with E-state index in [9.17, 15) is 0 Å². The minimum atomic E-state index is -0.293. The van der Waals surface area contributed by atoms with E-state index in [2.05, 4.69) is 19.9 Å². The van der Waals surface area contributed by atoms with Crippen LogP contribution in [0.2, 0.25) is 0 Å². The molecular formula is C12H19NO. The van der Waals surface area contributed by atoms with E-state index in [0.29, 0.717) is 6.54 Å². The van der Waals surface area contributed by atoms with Gasteiger partial charge in [-0.25, -0.2) is 0 Å². The first-order chi connectivity index (χ1) is 6.46. The van der Waals surface area contributed by atoms with Crippen LogP contribution >= 0.6 is 0 Å². The lowest BCUT2D eigenvalue weighted by atomic mass is 10.1. The van der Waals surface area contributed by atoms with Gasteiger partial charge in [0.15, 0.2) is 0 Å². The smallest absolute Gasteiger partial charge is 0.123 e. The van der Waals surface area contributed by atoms with Crippen LogP contribution in [-0.4, -0.2) is 12.1 Å². The van der Waals surface area contributed by atoms with Crippen molar-refractivity contribution in [1.82, 2.24) is 0 Å². The third kappa shape index (κ3) is 2.48. The van der Waals surface area contributed by atoms with Crippen molar-refractivity contribution >= 4 is 0 Å². The van der Waals surface area contributed by atoms with Crippen molar-refractivity contribution in [2.45, 2.75) is 33.3 Å². The summed E-state index contributed by atoms with van der Waals surface area (Å²) in [6.45, 7) is 8.65. The van der Waals surface area contributed by atoms with E-state index >= 15 is 0 Å². The normalized spacial score (nSPS) is 11.5. The van der Waals surface area contributed by atoms with Crippen LogP contribution in [0.1, 0.15) is 25.0 Å². The monoisotopic (exact) mass is 193 g/mol. The highest BCUT2D eigenvalue weighted by atomic mass is 16.5. The Morgan fingerprint density at radius 1 is 1.29 bits per heavy atom. The predicted octanol–water partition coefficient (Wildman–Crippen LogP) is 2.42. The summed E-state index contributed by atoms with van der Waals surface area (Å²) in [5, 5.41) is 0. The second kappa shape index (κ2) is 4.01. The van der Waals surface area contributed by atoms with E-state index in [1.165, 1.54) is 11.1 Å². The Balaban J connectivity index is 2.92. The summed E-state index contributed by atoms with van der Waals surface area (Å²) in [5.74, 6) is 0.931. The zero-order valence-electron chi connectivity index (χ0n) is 9.42. The third-order valence-electron chi connectivity index (χ3n) is 2.43. The van der Waals surface area contributed by atoms with Gasteiger partial charge in [0.05, 0.1) is 0 Å². The summed E-state index contributed by atoms with van der Waals surface area (Å²) in [6.07, 6.45) is 0. The summed E-state index contributed by atoms with van der Waals surface area (Å²) >= 11 is 0. The Labute approximate surface area is 86.1 Å². The number of aryl methyl sites for hydroxylation is 1. The van der Waals surface area contributed by atoms with Crippen molar-refractivity contribution in [1.29, 1.82) is 0 Å². The second-order valence-electron chi connectivity index (χ2n) is 4.26. The first kappa shape index (κ1) is 11.1. The van der Waals surface area contributed by atoms with E-state index in [0.717, 1.165) is 5.75 Å². The van der Waals surface area contributed by atoms with Crippen LogP contribution in [0, 0.1) is 13.8 Å². The molecular weight excluding hydrogens is 174 g/mol. The fourth-order valence-corrected chi connectivity index (χ4v) is 1.17. The maximum atomic E-state index is 5.84. The van der Waals surface area contributed by atoms with Crippen LogP contribution in [0.4, 0.5) is 0 Å². The second-order valence-corrected chi connectivity index (χ2v) is 4.26. The Morgan fingerprint density at radius 3 is 2.50 bits per heavy atom. The average molecular weight is 193 g/mol. The van der Waals surface area contributed by atoms with Gasteiger partial charge in [-0.1, -0.05) is 12.1 Å². The van der Waals surface area contributed by atoms with Crippen LogP contribution in [0.15, 0.2) is 18.2 Å². The van der Waals surface area contributed by atoms with Crippen molar-refractivity contribution in [3.05, 3.63) is 29.3 Å². The molecule has 0 radical (unpaired) electrons. The molecule has 2 heteroatoms. The largest absolute Gasteiger partial charge is 0.486 e. The molecule has 0 aliphatic carbocycles. The number of hydrogen-bond donors (Lipinski definition) is 1. The van der Waals surface area contributed by atoms with Gasteiger partial charge in [-0.3, -0.25) is 0 Å². The van der Waals surface area contributed by atoms with Crippen molar-refractivity contribution in [3.63, 3.8) is 0 Å². The molecule has 0 bridgehead atoms. The summed E-state index contributed by atoms with van der Waals surface area (Å²) in [4.78, 5) is 0. The Hall–Kier alpha value is -1.02. The molecule has 0 spiro atoms. The highest BCUT2D eigenvalue weighted by Crippen LogP contribution is 2.24. The van der Waals surface area contributed by atoms with E-state index in [1.807, 2.05) is 26.0 Å². The van der Waals surface area contributed by atoms with Crippen LogP contribution < -0.4 is 10.5 Å². The SMILES string of the molecule is Cc1cccc(OC(C)(C)CN)c1C. The van der Waals surface area contributed by atoms with Gasteiger partial charge in [0.25, 0.3) is 0 Å². The molecule has 14 heavy (non-hydrogen) atoms. The molecule has 1 aromatic carbocycles. The zero-order chi connectivity index (χ0) is 10.8. The molecule has 0 saturated carbocycles. The quantitative estimate of drug-likeness (QED) is 0.800. The van der Waals surface area contributed by atoms with E-state index in [-0.39, 0.29) is 5.60 Å². The molecule has 2 N–H and O–H groups in total. The van der Waals surface area contributed by atoms with E-state index in [1.54, 1.807) is 0 Å². The molecule has 0 amide bonds. The van der Waals surface area contributed by atoms with Crippen LogP contribution in [0.3, 0.4) is 0 Å². The highest BCUT2D eigenvalue weighted by molar-refractivity contribution is 5.38. The molecule has 0 atom stereocenters. The molecule has 0 unspecified atom stereocenters. The Morgan fingerprint density at radius 2 is 1.93 bits per heavy atom. The maximum Gasteiger partial charge on any atom is 0.123 e. The van der Waals surface area contributed by atoms with Crippen LogP contribution in [0.5, 0.6) is 5.75 Å². The van der Waals surface area contributed by atoms with Crippen LogP contribution in [0.25, 0.3) is 0 Å². The van der Waals surface area contributed by atoms with Crippen molar-refractivity contribution in [2.75, 3.05) is 6.54 Å². The van der Waals surface area contributed by atoms with Gasteiger partial charge in [-0.2, -0.15) is 0 Å². The maximum absolute atomic E-state index is 5.84. The summed E-state index contributed by atoms with van der Waals surface area (Å²) in [6, 6.07) is 6.07. The van der Waals surface area contributed by atoms with Crippen LogP contribution in [-0.2, 0) is 0 Å². The molecule has 1 aromatic rings. The minimum Gasteiger partial charge on any atom is -0.486 e. The fourth-order valence-electron chi connectivity index (χ4n) is 1.17. The zero-order valence-corrected chi connectivity index (χ0v) is 9.42. The molecule has 0 aliphatic heterocycles. The minimum absolute atomic E-state index is 0.293. The lowest BCUT2D eigenvalue weighted by Gasteiger charge is -2.26. The number of ether oxygens (including phenoxy) is 1. The predicted molar refractivity (Wildman–Crippen MR) is 59.7 cm³/mol.